The van der Waals surface area contributed by atoms with E-state index in [0.717, 1.165) is 22.3 Å². The maximum Gasteiger partial charge on any atom is 0.137 e. The lowest BCUT2D eigenvalue weighted by molar-refractivity contribution is 0.142. The molecule has 2 N–H and O–H groups in total. The first-order valence-corrected chi connectivity index (χ1v) is 14.3. The molecule has 1 atom stereocenters. The molecule has 41 heavy (non-hydrogen) atoms. The Morgan fingerprint density at radius 2 is 1.63 bits per heavy atom. The molecule has 3 rings (SSSR count). The summed E-state index contributed by atoms with van der Waals surface area (Å²) in [5, 5.41) is 22.4. The lowest BCUT2D eigenvalue weighted by Gasteiger charge is -2.37. The second kappa shape index (κ2) is 12.2. The molecule has 0 aliphatic heterocycles. The Bertz CT molecular complexity index is 1430. The number of hydrogen-bond donors (Lipinski definition) is 2. The molecule has 2 aromatic carbocycles. The van der Waals surface area contributed by atoms with Gasteiger partial charge in [-0.1, -0.05) is 92.0 Å². The molecule has 1 aliphatic carbocycles. The zero-order valence-corrected chi connectivity index (χ0v) is 26.8. The number of benzene rings is 2. The van der Waals surface area contributed by atoms with E-state index in [1.807, 2.05) is 30.5 Å². The summed E-state index contributed by atoms with van der Waals surface area (Å²) in [6.45, 7) is 20.6. The molecule has 0 spiro atoms. The molecule has 0 unspecified atom stereocenters. The van der Waals surface area contributed by atoms with Gasteiger partial charge in [-0.2, -0.15) is 0 Å². The highest BCUT2D eigenvalue weighted by atomic mass is 16.5. The molecule has 0 amide bonds. The molecule has 0 heterocycles. The van der Waals surface area contributed by atoms with Gasteiger partial charge >= 0.3 is 0 Å². The van der Waals surface area contributed by atoms with Gasteiger partial charge in [-0.25, -0.2) is 0 Å². The summed E-state index contributed by atoms with van der Waals surface area (Å²) in [6, 6.07) is 11.8. The topological polar surface area (TPSA) is 65.3 Å². The first-order valence-electron chi connectivity index (χ1n) is 14.3. The Balaban J connectivity index is 1.89. The Kier molecular flexibility index (Phi) is 9.51. The van der Waals surface area contributed by atoms with E-state index in [2.05, 4.69) is 97.9 Å². The lowest BCUT2D eigenvalue weighted by Crippen LogP contribution is -2.44. The van der Waals surface area contributed by atoms with Crippen LogP contribution < -0.4 is 4.74 Å². The van der Waals surface area contributed by atoms with E-state index < -0.39 is 0 Å². The van der Waals surface area contributed by atoms with Crippen LogP contribution >= 0.6 is 0 Å². The Morgan fingerprint density at radius 1 is 0.976 bits per heavy atom. The van der Waals surface area contributed by atoms with E-state index in [0.29, 0.717) is 30.2 Å². The fourth-order valence-electron chi connectivity index (χ4n) is 5.11. The number of aliphatic imine (C=N–C) groups is 1. The minimum atomic E-state index is -0.198. The molecule has 5 nitrogen and oxygen atoms in total. The van der Waals surface area contributed by atoms with Crippen LogP contribution in [0, 0.1) is 5.41 Å². The molecular formula is C36H48N2O3. The van der Waals surface area contributed by atoms with Crippen molar-refractivity contribution in [2.75, 3.05) is 27.2 Å². The maximum absolute atomic E-state index is 11.2. The third-order valence-corrected chi connectivity index (χ3v) is 7.63. The van der Waals surface area contributed by atoms with Gasteiger partial charge in [-0.05, 0) is 53.1 Å². The number of likely N-dealkylation sites (N-methyl/N-ethyl adjacent to an activating group) is 1. The molecule has 5 heteroatoms. The number of aliphatic hydroxyl groups is 1. The molecule has 0 aromatic heterocycles. The highest BCUT2D eigenvalue weighted by molar-refractivity contribution is 5.85. The van der Waals surface area contributed by atoms with Crippen molar-refractivity contribution in [1.82, 2.24) is 4.90 Å². The molecule has 1 aliphatic rings. The number of rotatable bonds is 8. The van der Waals surface area contributed by atoms with Crippen molar-refractivity contribution in [3.63, 3.8) is 0 Å². The molecule has 0 radical (unpaired) electrons. The first kappa shape index (κ1) is 32.0. The molecule has 0 fully saturated rings. The maximum atomic E-state index is 11.2. The summed E-state index contributed by atoms with van der Waals surface area (Å²) in [7, 11) is 3.68. The number of para-hydroxylation sites is 1. The number of allylic oxidation sites excluding steroid dienone is 1. The third-order valence-electron chi connectivity index (χ3n) is 7.63. The van der Waals surface area contributed by atoms with Gasteiger partial charge in [0.05, 0.1) is 19.2 Å². The van der Waals surface area contributed by atoms with E-state index in [9.17, 15) is 10.2 Å². The predicted molar refractivity (Wildman–Crippen MR) is 171 cm³/mol. The predicted octanol–water partition coefficient (Wildman–Crippen LogP) is 7.98. The number of aromatic hydroxyl groups is 1. The van der Waals surface area contributed by atoms with E-state index in [4.69, 9.17) is 9.73 Å². The molecule has 0 saturated carbocycles. The number of aliphatic hydroxyl groups excluding tert-OH is 1. The molecule has 220 valence electrons. The number of phenols is 1. The quantitative estimate of drug-likeness (QED) is 0.256. The Labute approximate surface area is 247 Å². The minimum Gasteiger partial charge on any atom is -0.507 e. The Hall–Kier alpha value is -3.49. The minimum absolute atomic E-state index is 0.0563. The average molecular weight is 557 g/mol. The van der Waals surface area contributed by atoms with Gasteiger partial charge in [-0.3, -0.25) is 9.89 Å². The van der Waals surface area contributed by atoms with Crippen LogP contribution in [0.5, 0.6) is 11.5 Å². The summed E-state index contributed by atoms with van der Waals surface area (Å²) >= 11 is 0. The van der Waals surface area contributed by atoms with Crippen LogP contribution in [0.25, 0.3) is 5.57 Å². The summed E-state index contributed by atoms with van der Waals surface area (Å²) in [5.74, 6) is 1.14. The normalized spacial score (nSPS) is 15.2. The van der Waals surface area contributed by atoms with Crippen LogP contribution in [0.4, 0.5) is 0 Å². The molecule has 0 bridgehead atoms. The number of hydrogen-bond acceptors (Lipinski definition) is 5. The van der Waals surface area contributed by atoms with E-state index >= 15 is 0 Å². The first-order chi connectivity index (χ1) is 18.9. The van der Waals surface area contributed by atoms with Gasteiger partial charge < -0.3 is 14.9 Å². The van der Waals surface area contributed by atoms with Crippen molar-refractivity contribution in [1.29, 1.82) is 0 Å². The molecular weight excluding hydrogens is 508 g/mol. The zero-order chi connectivity index (χ0) is 30.8. The van der Waals surface area contributed by atoms with Gasteiger partial charge in [0.2, 0.25) is 0 Å². The third kappa shape index (κ3) is 7.63. The van der Waals surface area contributed by atoms with Crippen molar-refractivity contribution in [3.8, 4) is 11.5 Å². The second-order valence-corrected chi connectivity index (χ2v) is 14.1. The van der Waals surface area contributed by atoms with Crippen LogP contribution in [0.1, 0.15) is 84.6 Å². The van der Waals surface area contributed by atoms with E-state index in [1.165, 1.54) is 5.56 Å². The van der Waals surface area contributed by atoms with E-state index in [-0.39, 0.29) is 28.0 Å². The summed E-state index contributed by atoms with van der Waals surface area (Å²) < 4.78 is 5.51. The van der Waals surface area contributed by atoms with Crippen LogP contribution in [0.3, 0.4) is 0 Å². The standard InChI is InChI=1S/C36H48N2O3/c1-34(2,3)26-19-25(33(40)29(20-26)35(4,5)6)21-37-22-31(36(7,8)9)38(10)23-24-15-14-17-28(32(24)39)27-16-12-13-18-30(27)41-11/h12-13,15-16,18-21,31,39-40H,22-23H2,1-11H3/t31-/m1/s1. The molecule has 2 aromatic rings. The van der Waals surface area contributed by atoms with Crippen molar-refractivity contribution < 1.29 is 14.9 Å². The highest BCUT2D eigenvalue weighted by Gasteiger charge is 2.30. The van der Waals surface area contributed by atoms with Crippen LogP contribution in [-0.2, 0) is 10.8 Å². The van der Waals surface area contributed by atoms with Gasteiger partial charge in [0, 0.05) is 41.1 Å². The van der Waals surface area contributed by atoms with Crippen molar-refractivity contribution in [3.05, 3.63) is 87.5 Å². The SMILES string of the molecule is COc1ccccc1C1=C=C=CC(CN(C)[C@H](CN=Cc2cc(C(C)(C)C)cc(C(C)(C)C)c2O)C(C)(C)C)=C1O. The summed E-state index contributed by atoms with van der Waals surface area (Å²) in [5.41, 5.74) is 10.7. The van der Waals surface area contributed by atoms with Crippen molar-refractivity contribution in [2.24, 2.45) is 10.4 Å². The average Bonchev–Trinajstić information content (AvgIpc) is 2.86. The van der Waals surface area contributed by atoms with E-state index in [1.54, 1.807) is 13.2 Å². The van der Waals surface area contributed by atoms with Crippen LogP contribution in [-0.4, -0.2) is 54.6 Å². The van der Waals surface area contributed by atoms with Gasteiger partial charge in [0.1, 0.15) is 17.3 Å². The summed E-state index contributed by atoms with van der Waals surface area (Å²) in [6.07, 6.45) is 3.60. The smallest absolute Gasteiger partial charge is 0.137 e. The lowest BCUT2D eigenvalue weighted by atomic mass is 9.79. The van der Waals surface area contributed by atoms with Crippen LogP contribution in [0.2, 0.25) is 0 Å². The number of phenolic OH excluding ortho intramolecular Hbond substituents is 1. The van der Waals surface area contributed by atoms with Crippen LogP contribution in [0.15, 0.2) is 70.3 Å². The van der Waals surface area contributed by atoms with Gasteiger partial charge in [-0.15, -0.1) is 0 Å². The number of ether oxygens (including phenoxy) is 1. The monoisotopic (exact) mass is 556 g/mol. The zero-order valence-electron chi connectivity index (χ0n) is 26.8. The fourth-order valence-corrected chi connectivity index (χ4v) is 5.11. The van der Waals surface area contributed by atoms with Crippen molar-refractivity contribution in [2.45, 2.75) is 79.2 Å². The molecule has 0 saturated heterocycles. The van der Waals surface area contributed by atoms with Gasteiger partial charge in [0.25, 0.3) is 0 Å². The van der Waals surface area contributed by atoms with Crippen molar-refractivity contribution >= 4 is 11.8 Å². The number of methoxy groups -OCH3 is 1. The Morgan fingerprint density at radius 3 is 2.22 bits per heavy atom. The number of nitrogens with zero attached hydrogens (tertiary/aromatic N) is 2. The largest absolute Gasteiger partial charge is 0.507 e. The fraction of sp³-hybridized carbons (Fsp3) is 0.472. The second-order valence-electron chi connectivity index (χ2n) is 14.1. The summed E-state index contributed by atoms with van der Waals surface area (Å²) in [4.78, 5) is 7.09. The highest BCUT2D eigenvalue weighted by Crippen LogP contribution is 2.37. The van der Waals surface area contributed by atoms with Gasteiger partial charge in [0.15, 0.2) is 0 Å².